The molecule has 3 nitrogen and oxygen atoms in total. The van der Waals surface area contributed by atoms with E-state index in [0.29, 0.717) is 11.3 Å². The summed E-state index contributed by atoms with van der Waals surface area (Å²) in [5, 5.41) is 8.68. The second-order valence-corrected chi connectivity index (χ2v) is 3.48. The Labute approximate surface area is 98.1 Å². The van der Waals surface area contributed by atoms with Crippen LogP contribution in [0.4, 0.5) is 4.39 Å². The molecule has 17 heavy (non-hydrogen) atoms. The Kier molecular flexibility index (Phi) is 3.01. The van der Waals surface area contributed by atoms with Gasteiger partial charge in [0.1, 0.15) is 17.5 Å². The molecule has 4 heteroatoms. The summed E-state index contributed by atoms with van der Waals surface area (Å²) in [4.78, 5) is 3.80. The number of benzene rings is 1. The molecule has 84 valence electrons. The van der Waals surface area contributed by atoms with E-state index >= 15 is 0 Å². The number of aromatic nitrogens is 1. The average molecular weight is 228 g/mol. The highest BCUT2D eigenvalue weighted by molar-refractivity contribution is 5.37. The van der Waals surface area contributed by atoms with Crippen molar-refractivity contribution < 1.29 is 9.13 Å². The summed E-state index contributed by atoms with van der Waals surface area (Å²) in [5.74, 6) is 0.129. The molecule has 1 aromatic heterocycles. The lowest BCUT2D eigenvalue weighted by Crippen LogP contribution is -1.92. The fourth-order valence-electron chi connectivity index (χ4n) is 1.36. The van der Waals surface area contributed by atoms with Crippen LogP contribution in [0.5, 0.6) is 11.5 Å². The molecule has 1 aromatic carbocycles. The molecule has 0 saturated heterocycles. The summed E-state index contributed by atoms with van der Waals surface area (Å²) in [6.45, 7) is 1.66. The summed E-state index contributed by atoms with van der Waals surface area (Å²) in [7, 11) is 0. The number of nitriles is 1. The third-order valence-corrected chi connectivity index (χ3v) is 2.23. The normalized spacial score (nSPS) is 9.71. The molecule has 0 fully saturated rings. The third-order valence-electron chi connectivity index (χ3n) is 2.23. The van der Waals surface area contributed by atoms with Gasteiger partial charge in [0.25, 0.3) is 0 Å². The van der Waals surface area contributed by atoms with Gasteiger partial charge in [-0.15, -0.1) is 0 Å². The van der Waals surface area contributed by atoms with Crippen LogP contribution in [-0.4, -0.2) is 4.98 Å². The van der Waals surface area contributed by atoms with E-state index in [2.05, 4.69) is 4.98 Å². The number of pyridine rings is 1. The smallest absolute Gasteiger partial charge is 0.168 e. The SMILES string of the molecule is Cc1cccc(Oc2ccnc(C#N)c2)c1F. The Hall–Kier alpha value is -2.41. The van der Waals surface area contributed by atoms with Gasteiger partial charge in [-0.2, -0.15) is 5.26 Å². The van der Waals surface area contributed by atoms with E-state index in [1.807, 2.05) is 6.07 Å². The Morgan fingerprint density at radius 2 is 2.18 bits per heavy atom. The summed E-state index contributed by atoms with van der Waals surface area (Å²) >= 11 is 0. The van der Waals surface area contributed by atoms with Crippen molar-refractivity contribution >= 4 is 0 Å². The Balaban J connectivity index is 2.32. The number of halogens is 1. The fourth-order valence-corrected chi connectivity index (χ4v) is 1.36. The number of hydrogen-bond acceptors (Lipinski definition) is 3. The monoisotopic (exact) mass is 228 g/mol. The maximum atomic E-state index is 13.7. The summed E-state index contributed by atoms with van der Waals surface area (Å²) in [6, 6.07) is 9.83. The quantitative estimate of drug-likeness (QED) is 0.792. The van der Waals surface area contributed by atoms with Gasteiger partial charge in [0.05, 0.1) is 0 Å². The van der Waals surface area contributed by atoms with Gasteiger partial charge in [-0.1, -0.05) is 12.1 Å². The van der Waals surface area contributed by atoms with E-state index < -0.39 is 5.82 Å². The lowest BCUT2D eigenvalue weighted by Gasteiger charge is -2.07. The van der Waals surface area contributed by atoms with E-state index in [-0.39, 0.29) is 11.4 Å². The van der Waals surface area contributed by atoms with Gasteiger partial charge in [0, 0.05) is 12.3 Å². The molecule has 0 aliphatic heterocycles. The van der Waals surface area contributed by atoms with Crippen molar-refractivity contribution in [3.8, 4) is 17.6 Å². The predicted octanol–water partition coefficient (Wildman–Crippen LogP) is 3.19. The van der Waals surface area contributed by atoms with Crippen molar-refractivity contribution in [2.75, 3.05) is 0 Å². The van der Waals surface area contributed by atoms with Crippen LogP contribution in [0.15, 0.2) is 36.5 Å². The van der Waals surface area contributed by atoms with Crippen LogP contribution in [-0.2, 0) is 0 Å². The zero-order valence-electron chi connectivity index (χ0n) is 9.14. The number of rotatable bonds is 2. The molecule has 0 spiro atoms. The lowest BCUT2D eigenvalue weighted by molar-refractivity contribution is 0.439. The Morgan fingerprint density at radius 1 is 1.35 bits per heavy atom. The van der Waals surface area contributed by atoms with Crippen LogP contribution in [0.3, 0.4) is 0 Å². The zero-order valence-corrected chi connectivity index (χ0v) is 9.14. The van der Waals surface area contributed by atoms with Crippen molar-refractivity contribution in [1.82, 2.24) is 4.98 Å². The van der Waals surface area contributed by atoms with Gasteiger partial charge in [-0.05, 0) is 24.6 Å². The van der Waals surface area contributed by atoms with Crippen LogP contribution < -0.4 is 4.74 Å². The average Bonchev–Trinajstić information content (AvgIpc) is 2.35. The van der Waals surface area contributed by atoms with Crippen LogP contribution in [0.25, 0.3) is 0 Å². The molecule has 0 unspecified atom stereocenters. The number of nitrogens with zero attached hydrogens (tertiary/aromatic N) is 2. The largest absolute Gasteiger partial charge is 0.454 e. The van der Waals surface area contributed by atoms with Crippen molar-refractivity contribution in [3.63, 3.8) is 0 Å². The van der Waals surface area contributed by atoms with Gasteiger partial charge in [-0.25, -0.2) is 9.37 Å². The topological polar surface area (TPSA) is 45.9 Å². The molecule has 2 rings (SSSR count). The van der Waals surface area contributed by atoms with E-state index in [0.717, 1.165) is 0 Å². The van der Waals surface area contributed by atoms with Gasteiger partial charge < -0.3 is 4.74 Å². The molecule has 0 saturated carbocycles. The lowest BCUT2D eigenvalue weighted by atomic mass is 10.2. The van der Waals surface area contributed by atoms with Crippen LogP contribution >= 0.6 is 0 Å². The Morgan fingerprint density at radius 3 is 2.94 bits per heavy atom. The van der Waals surface area contributed by atoms with Gasteiger partial charge in [-0.3, -0.25) is 0 Å². The van der Waals surface area contributed by atoms with Crippen molar-refractivity contribution in [2.24, 2.45) is 0 Å². The van der Waals surface area contributed by atoms with Crippen molar-refractivity contribution in [2.45, 2.75) is 6.92 Å². The van der Waals surface area contributed by atoms with Crippen molar-refractivity contribution in [3.05, 3.63) is 53.6 Å². The molecule has 0 aliphatic rings. The third kappa shape index (κ3) is 2.40. The summed E-state index contributed by atoms with van der Waals surface area (Å²) in [6.07, 6.45) is 1.45. The van der Waals surface area contributed by atoms with E-state index in [1.165, 1.54) is 18.3 Å². The molecule has 0 N–H and O–H groups in total. The van der Waals surface area contributed by atoms with Crippen LogP contribution in [0.1, 0.15) is 11.3 Å². The molecule has 0 bridgehead atoms. The first-order valence-corrected chi connectivity index (χ1v) is 5.00. The van der Waals surface area contributed by atoms with E-state index in [4.69, 9.17) is 10.00 Å². The van der Waals surface area contributed by atoms with Gasteiger partial charge >= 0.3 is 0 Å². The number of hydrogen-bond donors (Lipinski definition) is 0. The minimum absolute atomic E-state index is 0.139. The molecule has 0 atom stereocenters. The first-order chi connectivity index (χ1) is 8.20. The first-order valence-electron chi connectivity index (χ1n) is 5.00. The number of ether oxygens (including phenoxy) is 1. The molecule has 0 amide bonds. The maximum Gasteiger partial charge on any atom is 0.168 e. The molecular formula is C13H9FN2O. The minimum atomic E-state index is -0.400. The second kappa shape index (κ2) is 4.62. The Bertz CT molecular complexity index is 590. The zero-order chi connectivity index (χ0) is 12.3. The predicted molar refractivity (Wildman–Crippen MR) is 60.2 cm³/mol. The van der Waals surface area contributed by atoms with Gasteiger partial charge in [0.2, 0.25) is 0 Å². The van der Waals surface area contributed by atoms with E-state index in [9.17, 15) is 4.39 Å². The highest BCUT2D eigenvalue weighted by atomic mass is 19.1. The highest BCUT2D eigenvalue weighted by Gasteiger charge is 2.07. The highest BCUT2D eigenvalue weighted by Crippen LogP contribution is 2.25. The maximum absolute atomic E-state index is 13.7. The van der Waals surface area contributed by atoms with Crippen LogP contribution in [0, 0.1) is 24.1 Å². The minimum Gasteiger partial charge on any atom is -0.454 e. The summed E-state index contributed by atoms with van der Waals surface area (Å²) in [5.41, 5.74) is 0.743. The van der Waals surface area contributed by atoms with Crippen LogP contribution in [0.2, 0.25) is 0 Å². The van der Waals surface area contributed by atoms with E-state index in [1.54, 1.807) is 25.1 Å². The summed E-state index contributed by atoms with van der Waals surface area (Å²) < 4.78 is 19.0. The second-order valence-electron chi connectivity index (χ2n) is 3.48. The fraction of sp³-hybridized carbons (Fsp3) is 0.0769. The standard InChI is InChI=1S/C13H9FN2O/c1-9-3-2-4-12(13(9)14)17-11-5-6-16-10(7-11)8-15/h2-7H,1H3. The molecule has 0 aliphatic carbocycles. The first kappa shape index (κ1) is 11.1. The van der Waals surface area contributed by atoms with Gasteiger partial charge in [0.15, 0.2) is 11.6 Å². The molecular weight excluding hydrogens is 219 g/mol. The molecule has 0 radical (unpaired) electrons. The number of aryl methyl sites for hydroxylation is 1. The molecule has 1 heterocycles. The molecule has 2 aromatic rings. The van der Waals surface area contributed by atoms with Crippen molar-refractivity contribution in [1.29, 1.82) is 5.26 Å².